The predicted molar refractivity (Wildman–Crippen MR) is 103 cm³/mol. The van der Waals surface area contributed by atoms with Crippen molar-refractivity contribution in [2.45, 2.75) is 51.0 Å². The van der Waals surface area contributed by atoms with Crippen molar-refractivity contribution in [3.05, 3.63) is 47.5 Å². The Kier molecular flexibility index (Phi) is 6.83. The van der Waals surface area contributed by atoms with Gasteiger partial charge in [-0.3, -0.25) is 15.0 Å². The average Bonchev–Trinajstić information content (AvgIpc) is 3.11. The normalized spacial score (nSPS) is 20.5. The molecule has 5 nitrogen and oxygen atoms in total. The van der Waals surface area contributed by atoms with Gasteiger partial charge in [0, 0.05) is 12.6 Å². The van der Waals surface area contributed by atoms with Gasteiger partial charge < -0.3 is 5.32 Å². The molecule has 1 heterocycles. The van der Waals surface area contributed by atoms with Crippen molar-refractivity contribution in [3.8, 4) is 0 Å². The zero-order valence-electron chi connectivity index (χ0n) is 15.4. The molecule has 1 saturated heterocycles. The average molecular weight is 355 g/mol. The zero-order chi connectivity index (χ0) is 18.2. The molecule has 0 radical (unpaired) electrons. The standard InChI is InChI=1S/C21H29N3O2/c25-20(23-21(26)22-14-13-17-8-3-1-4-9-17)16-24-15-7-12-19(24)18-10-5-2-6-11-18/h2,5-6,8,10-11,19H,1,3-4,7,9,12-16H2,(H2,22,23,25,26). The fourth-order valence-corrected chi connectivity index (χ4v) is 3.93. The van der Waals surface area contributed by atoms with Gasteiger partial charge in [-0.15, -0.1) is 0 Å². The summed E-state index contributed by atoms with van der Waals surface area (Å²) >= 11 is 0. The molecule has 5 heteroatoms. The highest BCUT2D eigenvalue weighted by molar-refractivity contribution is 5.95. The summed E-state index contributed by atoms with van der Waals surface area (Å²) in [5.41, 5.74) is 2.66. The van der Waals surface area contributed by atoms with Gasteiger partial charge in [-0.1, -0.05) is 42.0 Å². The van der Waals surface area contributed by atoms with Crippen molar-refractivity contribution in [3.63, 3.8) is 0 Å². The van der Waals surface area contributed by atoms with E-state index in [2.05, 4.69) is 33.7 Å². The Hall–Kier alpha value is -2.14. The van der Waals surface area contributed by atoms with Crippen molar-refractivity contribution in [1.29, 1.82) is 0 Å². The van der Waals surface area contributed by atoms with Crippen LogP contribution >= 0.6 is 0 Å². The maximum Gasteiger partial charge on any atom is 0.321 e. The Morgan fingerprint density at radius 3 is 2.73 bits per heavy atom. The number of rotatable bonds is 6. The van der Waals surface area contributed by atoms with Gasteiger partial charge in [-0.25, -0.2) is 4.79 Å². The predicted octanol–water partition coefficient (Wildman–Crippen LogP) is 3.54. The van der Waals surface area contributed by atoms with Crippen LogP contribution in [0.1, 0.15) is 56.6 Å². The minimum atomic E-state index is -0.387. The minimum absolute atomic E-state index is 0.234. The summed E-state index contributed by atoms with van der Waals surface area (Å²) in [5, 5.41) is 5.26. The summed E-state index contributed by atoms with van der Waals surface area (Å²) in [7, 11) is 0. The van der Waals surface area contributed by atoms with Gasteiger partial charge in [0.2, 0.25) is 5.91 Å². The van der Waals surface area contributed by atoms with E-state index in [1.807, 2.05) is 18.2 Å². The lowest BCUT2D eigenvalue weighted by atomic mass is 9.97. The van der Waals surface area contributed by atoms with Crippen molar-refractivity contribution in [2.24, 2.45) is 0 Å². The van der Waals surface area contributed by atoms with E-state index in [1.165, 1.54) is 24.0 Å². The highest BCUT2D eigenvalue weighted by Crippen LogP contribution is 2.31. The quantitative estimate of drug-likeness (QED) is 0.767. The molecule has 2 N–H and O–H groups in total. The number of carbonyl (C=O) groups excluding carboxylic acids is 2. The Balaban J connectivity index is 1.40. The summed E-state index contributed by atoms with van der Waals surface area (Å²) in [4.78, 5) is 26.3. The molecule has 26 heavy (non-hydrogen) atoms. The third-order valence-electron chi connectivity index (χ3n) is 5.26. The molecule has 2 aliphatic rings. The third kappa shape index (κ3) is 5.43. The molecule has 0 aromatic heterocycles. The molecule has 1 atom stereocenters. The number of likely N-dealkylation sites (tertiary alicyclic amines) is 1. The molecule has 0 bridgehead atoms. The molecule has 1 unspecified atom stereocenters. The Morgan fingerprint density at radius 2 is 1.96 bits per heavy atom. The first kappa shape index (κ1) is 18.6. The second kappa shape index (κ2) is 9.53. The van der Waals surface area contributed by atoms with Gasteiger partial charge >= 0.3 is 6.03 Å². The Morgan fingerprint density at radius 1 is 1.12 bits per heavy atom. The van der Waals surface area contributed by atoms with Gasteiger partial charge in [-0.2, -0.15) is 0 Å². The summed E-state index contributed by atoms with van der Waals surface area (Å²) in [6.45, 7) is 1.74. The molecule has 1 fully saturated rings. The van der Waals surface area contributed by atoms with Gasteiger partial charge in [0.25, 0.3) is 0 Å². The number of benzene rings is 1. The summed E-state index contributed by atoms with van der Waals surface area (Å²) in [5.74, 6) is -0.234. The number of allylic oxidation sites excluding steroid dienone is 1. The second-order valence-electron chi connectivity index (χ2n) is 7.20. The SMILES string of the molecule is O=C(CN1CCCC1c1ccccc1)NC(=O)NCCC1=CCCCC1. The maximum atomic E-state index is 12.2. The van der Waals surface area contributed by atoms with Crippen LogP contribution in [0.15, 0.2) is 42.0 Å². The molecule has 0 saturated carbocycles. The van der Waals surface area contributed by atoms with E-state index in [-0.39, 0.29) is 24.5 Å². The fraction of sp³-hybridized carbons (Fsp3) is 0.524. The highest BCUT2D eigenvalue weighted by Gasteiger charge is 2.27. The maximum absolute atomic E-state index is 12.2. The number of nitrogens with one attached hydrogen (secondary N) is 2. The first-order chi connectivity index (χ1) is 12.7. The largest absolute Gasteiger partial charge is 0.337 e. The van der Waals surface area contributed by atoms with Crippen LogP contribution in [0, 0.1) is 0 Å². The second-order valence-corrected chi connectivity index (χ2v) is 7.20. The van der Waals surface area contributed by atoms with E-state index in [0.29, 0.717) is 6.54 Å². The monoisotopic (exact) mass is 355 g/mol. The van der Waals surface area contributed by atoms with Crippen LogP contribution in [0.5, 0.6) is 0 Å². The van der Waals surface area contributed by atoms with E-state index in [4.69, 9.17) is 0 Å². The van der Waals surface area contributed by atoms with E-state index in [1.54, 1.807) is 0 Å². The van der Waals surface area contributed by atoms with Crippen LogP contribution in [0.4, 0.5) is 4.79 Å². The van der Waals surface area contributed by atoms with Crippen LogP contribution in [0.25, 0.3) is 0 Å². The zero-order valence-corrected chi connectivity index (χ0v) is 15.4. The molecular formula is C21H29N3O2. The van der Waals surface area contributed by atoms with Gasteiger partial charge in [-0.05, 0) is 57.1 Å². The van der Waals surface area contributed by atoms with E-state index >= 15 is 0 Å². The van der Waals surface area contributed by atoms with Crippen molar-refractivity contribution >= 4 is 11.9 Å². The van der Waals surface area contributed by atoms with Crippen molar-refractivity contribution < 1.29 is 9.59 Å². The minimum Gasteiger partial charge on any atom is -0.337 e. The molecular weight excluding hydrogens is 326 g/mol. The number of urea groups is 1. The van der Waals surface area contributed by atoms with E-state index in [9.17, 15) is 9.59 Å². The third-order valence-corrected chi connectivity index (χ3v) is 5.26. The van der Waals surface area contributed by atoms with Crippen LogP contribution in [0.3, 0.4) is 0 Å². The summed E-state index contributed by atoms with van der Waals surface area (Å²) in [6.07, 6.45) is 10.1. The van der Waals surface area contributed by atoms with Crippen LogP contribution in [-0.2, 0) is 4.79 Å². The first-order valence-electron chi connectivity index (χ1n) is 9.77. The topological polar surface area (TPSA) is 61.4 Å². The molecule has 1 aromatic rings. The lowest BCUT2D eigenvalue weighted by molar-refractivity contribution is -0.121. The van der Waals surface area contributed by atoms with Crippen LogP contribution < -0.4 is 10.6 Å². The van der Waals surface area contributed by atoms with Crippen LogP contribution in [-0.4, -0.2) is 36.5 Å². The summed E-state index contributed by atoms with van der Waals surface area (Å²) < 4.78 is 0. The molecule has 3 rings (SSSR count). The number of amides is 3. The molecule has 1 aliphatic carbocycles. The first-order valence-corrected chi connectivity index (χ1v) is 9.77. The number of imide groups is 1. The van der Waals surface area contributed by atoms with Crippen molar-refractivity contribution in [1.82, 2.24) is 15.5 Å². The van der Waals surface area contributed by atoms with Gasteiger partial charge in [0.05, 0.1) is 6.54 Å². The molecule has 0 spiro atoms. The Bertz CT molecular complexity index is 642. The Labute approximate surface area is 155 Å². The molecule has 1 aliphatic heterocycles. The van der Waals surface area contributed by atoms with Crippen molar-refractivity contribution in [2.75, 3.05) is 19.6 Å². The van der Waals surface area contributed by atoms with E-state index in [0.717, 1.165) is 38.6 Å². The number of hydrogen-bond acceptors (Lipinski definition) is 3. The molecule has 140 valence electrons. The highest BCUT2D eigenvalue weighted by atomic mass is 16.2. The lowest BCUT2D eigenvalue weighted by Crippen LogP contribution is -2.44. The smallest absolute Gasteiger partial charge is 0.321 e. The number of nitrogens with zero attached hydrogens (tertiary/aromatic N) is 1. The molecule has 1 aromatic carbocycles. The van der Waals surface area contributed by atoms with Gasteiger partial charge in [0.1, 0.15) is 0 Å². The fourth-order valence-electron chi connectivity index (χ4n) is 3.93. The number of hydrogen-bond donors (Lipinski definition) is 2. The molecule has 3 amide bonds. The number of carbonyl (C=O) groups is 2. The lowest BCUT2D eigenvalue weighted by Gasteiger charge is -2.24. The summed E-state index contributed by atoms with van der Waals surface area (Å²) in [6, 6.07) is 10.2. The van der Waals surface area contributed by atoms with Gasteiger partial charge in [0.15, 0.2) is 0 Å². The van der Waals surface area contributed by atoms with E-state index < -0.39 is 0 Å². The van der Waals surface area contributed by atoms with Crippen LogP contribution in [0.2, 0.25) is 0 Å².